The van der Waals surface area contributed by atoms with Crippen LogP contribution >= 0.6 is 0 Å². The molecule has 2 atom stereocenters. The summed E-state index contributed by atoms with van der Waals surface area (Å²) in [7, 11) is 0. The maximum Gasteiger partial charge on any atom is 0.133 e. The maximum atomic E-state index is 9.96. The van der Waals surface area contributed by atoms with Gasteiger partial charge in [0.2, 0.25) is 0 Å². The summed E-state index contributed by atoms with van der Waals surface area (Å²) in [6.45, 7) is 5.44. The Balaban J connectivity index is 1.54. The first kappa shape index (κ1) is 16.8. The Kier molecular flexibility index (Phi) is 5.15. The van der Waals surface area contributed by atoms with Crippen molar-refractivity contribution in [1.82, 2.24) is 15.6 Å². The highest BCUT2D eigenvalue weighted by Gasteiger charge is 2.24. The second-order valence-electron chi connectivity index (χ2n) is 7.33. The number of hydrogen-bond donors (Lipinski definition) is 3. The third-order valence-electron chi connectivity index (χ3n) is 5.46. The number of nitrogens with zero attached hydrogens (tertiary/aromatic N) is 2. The quantitative estimate of drug-likeness (QED) is 0.776. The van der Waals surface area contributed by atoms with Gasteiger partial charge in [-0.2, -0.15) is 0 Å². The van der Waals surface area contributed by atoms with Gasteiger partial charge in [-0.05, 0) is 31.4 Å². The van der Waals surface area contributed by atoms with Crippen molar-refractivity contribution in [1.29, 1.82) is 0 Å². The van der Waals surface area contributed by atoms with Gasteiger partial charge in [0.05, 0.1) is 11.6 Å². The van der Waals surface area contributed by atoms with Crippen molar-refractivity contribution in [2.75, 3.05) is 37.6 Å². The first-order chi connectivity index (χ1) is 12.3. The zero-order chi connectivity index (χ0) is 17.1. The highest BCUT2D eigenvalue weighted by molar-refractivity contribution is 5.81. The summed E-state index contributed by atoms with van der Waals surface area (Å²) in [5.41, 5.74) is 2.34. The second kappa shape index (κ2) is 7.68. The minimum Gasteiger partial charge on any atom is -0.391 e. The number of aromatic nitrogens is 1. The molecule has 5 heteroatoms. The first-order valence-electron chi connectivity index (χ1n) is 9.54. The summed E-state index contributed by atoms with van der Waals surface area (Å²) in [5, 5.41) is 18.0. The molecule has 0 spiro atoms. The van der Waals surface area contributed by atoms with Gasteiger partial charge < -0.3 is 20.6 Å². The van der Waals surface area contributed by atoms with Crippen molar-refractivity contribution >= 4 is 16.7 Å². The van der Waals surface area contributed by atoms with Gasteiger partial charge in [-0.3, -0.25) is 0 Å². The summed E-state index contributed by atoms with van der Waals surface area (Å²) in [5.74, 6) is 1.43. The standard InChI is InChI=1S/C20H28N4O/c25-19-14-22-13-17(19)12-21-11-16-10-15-6-2-3-7-18(15)23-20(16)24-8-4-1-5-9-24/h2-3,6-7,10,17,19,21-22,25H,1,4-5,8-9,11-14H2. The molecule has 1 aromatic carbocycles. The van der Waals surface area contributed by atoms with Crippen LogP contribution in [0.5, 0.6) is 0 Å². The zero-order valence-corrected chi connectivity index (χ0v) is 14.7. The number of rotatable bonds is 5. The van der Waals surface area contributed by atoms with Gasteiger partial charge in [0.25, 0.3) is 0 Å². The molecule has 2 fully saturated rings. The third kappa shape index (κ3) is 3.78. The Labute approximate surface area is 149 Å². The molecule has 4 rings (SSSR count). The molecule has 2 aromatic rings. The average Bonchev–Trinajstić information content (AvgIpc) is 3.07. The third-order valence-corrected chi connectivity index (χ3v) is 5.46. The van der Waals surface area contributed by atoms with Gasteiger partial charge in [-0.25, -0.2) is 4.98 Å². The lowest BCUT2D eigenvalue weighted by Crippen LogP contribution is -2.33. The van der Waals surface area contributed by atoms with Gasteiger partial charge >= 0.3 is 0 Å². The Hall–Kier alpha value is -1.69. The summed E-state index contributed by atoms with van der Waals surface area (Å²) in [6, 6.07) is 10.6. The van der Waals surface area contributed by atoms with Crippen LogP contribution in [0.1, 0.15) is 24.8 Å². The molecule has 25 heavy (non-hydrogen) atoms. The number of hydrogen-bond acceptors (Lipinski definition) is 5. The second-order valence-corrected chi connectivity index (χ2v) is 7.33. The van der Waals surface area contributed by atoms with Crippen molar-refractivity contribution < 1.29 is 5.11 Å². The molecule has 134 valence electrons. The van der Waals surface area contributed by atoms with E-state index < -0.39 is 0 Å². The Morgan fingerprint density at radius 2 is 2.00 bits per heavy atom. The van der Waals surface area contributed by atoms with Crippen molar-refractivity contribution in [3.05, 3.63) is 35.9 Å². The zero-order valence-electron chi connectivity index (χ0n) is 14.7. The van der Waals surface area contributed by atoms with Crippen LogP contribution in [0.25, 0.3) is 10.9 Å². The monoisotopic (exact) mass is 340 g/mol. The van der Waals surface area contributed by atoms with Crippen LogP contribution in [0.4, 0.5) is 5.82 Å². The number of β-amino-alcohol motifs (C(OH)–C–C–N with tert-alkyl or cyclic N) is 1. The molecule has 1 aromatic heterocycles. The molecule has 0 radical (unpaired) electrons. The Morgan fingerprint density at radius 3 is 2.80 bits per heavy atom. The van der Waals surface area contributed by atoms with Crippen molar-refractivity contribution in [2.45, 2.75) is 31.9 Å². The lowest BCUT2D eigenvalue weighted by atomic mass is 10.1. The van der Waals surface area contributed by atoms with E-state index in [0.717, 1.165) is 44.1 Å². The summed E-state index contributed by atoms with van der Waals surface area (Å²) < 4.78 is 0. The molecule has 0 bridgehead atoms. The van der Waals surface area contributed by atoms with E-state index in [-0.39, 0.29) is 6.10 Å². The number of aliphatic hydroxyl groups excluding tert-OH is 1. The fourth-order valence-corrected chi connectivity index (χ4v) is 3.98. The smallest absolute Gasteiger partial charge is 0.133 e. The number of para-hydroxylation sites is 1. The molecule has 5 nitrogen and oxygen atoms in total. The molecule has 3 heterocycles. The minimum absolute atomic E-state index is 0.233. The predicted molar refractivity (Wildman–Crippen MR) is 102 cm³/mol. The molecule has 0 amide bonds. The van der Waals surface area contributed by atoms with Gasteiger partial charge in [-0.1, -0.05) is 18.2 Å². The van der Waals surface area contributed by atoms with Gasteiger partial charge in [-0.15, -0.1) is 0 Å². The van der Waals surface area contributed by atoms with Crippen LogP contribution < -0.4 is 15.5 Å². The lowest BCUT2D eigenvalue weighted by Gasteiger charge is -2.30. The lowest BCUT2D eigenvalue weighted by molar-refractivity contribution is 0.146. The molecule has 2 saturated heterocycles. The molecule has 2 aliphatic rings. The van der Waals surface area contributed by atoms with Crippen LogP contribution in [0.2, 0.25) is 0 Å². The number of pyridine rings is 1. The van der Waals surface area contributed by atoms with Crippen molar-refractivity contribution in [2.24, 2.45) is 5.92 Å². The number of aliphatic hydroxyl groups is 1. The largest absolute Gasteiger partial charge is 0.391 e. The van der Waals surface area contributed by atoms with Crippen LogP contribution in [0, 0.1) is 5.92 Å². The van der Waals surface area contributed by atoms with Gasteiger partial charge in [0.1, 0.15) is 5.82 Å². The van der Waals surface area contributed by atoms with Crippen molar-refractivity contribution in [3.8, 4) is 0 Å². The molecular formula is C20H28N4O. The van der Waals surface area contributed by atoms with Crippen LogP contribution in [0.3, 0.4) is 0 Å². The normalized spacial score (nSPS) is 24.1. The number of anilines is 1. The number of fused-ring (bicyclic) bond motifs is 1. The van der Waals surface area contributed by atoms with E-state index in [4.69, 9.17) is 4.98 Å². The van der Waals surface area contributed by atoms with E-state index in [1.807, 2.05) is 0 Å². The van der Waals surface area contributed by atoms with E-state index in [1.54, 1.807) is 0 Å². The minimum atomic E-state index is -0.233. The number of nitrogens with one attached hydrogen (secondary N) is 2. The first-order valence-corrected chi connectivity index (χ1v) is 9.54. The molecule has 0 saturated carbocycles. The summed E-state index contributed by atoms with van der Waals surface area (Å²) in [6.07, 6.45) is 3.59. The van der Waals surface area contributed by atoms with Gasteiger partial charge in [0, 0.05) is 56.1 Å². The van der Waals surface area contributed by atoms with Crippen LogP contribution in [0.15, 0.2) is 30.3 Å². The molecule has 3 N–H and O–H groups in total. The number of benzene rings is 1. The van der Waals surface area contributed by atoms with Crippen LogP contribution in [-0.4, -0.2) is 48.9 Å². The predicted octanol–water partition coefficient (Wildman–Crippen LogP) is 1.89. The van der Waals surface area contributed by atoms with E-state index in [9.17, 15) is 5.11 Å². The highest BCUT2D eigenvalue weighted by atomic mass is 16.3. The number of piperidine rings is 1. The SMILES string of the molecule is OC1CNCC1CNCc1cc2ccccc2nc1N1CCCCC1. The molecule has 2 unspecified atom stereocenters. The fraction of sp³-hybridized carbons (Fsp3) is 0.550. The fourth-order valence-electron chi connectivity index (χ4n) is 3.98. The summed E-state index contributed by atoms with van der Waals surface area (Å²) >= 11 is 0. The highest BCUT2D eigenvalue weighted by Crippen LogP contribution is 2.26. The maximum absolute atomic E-state index is 9.96. The molecular weight excluding hydrogens is 312 g/mol. The average molecular weight is 340 g/mol. The van der Waals surface area contributed by atoms with E-state index in [2.05, 4.69) is 45.9 Å². The molecule has 2 aliphatic heterocycles. The van der Waals surface area contributed by atoms with Crippen LogP contribution in [-0.2, 0) is 6.54 Å². The van der Waals surface area contributed by atoms with Gasteiger partial charge in [0.15, 0.2) is 0 Å². The van der Waals surface area contributed by atoms with E-state index in [1.165, 1.54) is 30.2 Å². The summed E-state index contributed by atoms with van der Waals surface area (Å²) in [4.78, 5) is 7.43. The molecule has 0 aliphatic carbocycles. The van der Waals surface area contributed by atoms with E-state index >= 15 is 0 Å². The Bertz CT molecular complexity index is 714. The van der Waals surface area contributed by atoms with E-state index in [0.29, 0.717) is 12.5 Å². The topological polar surface area (TPSA) is 60.4 Å². The van der Waals surface area contributed by atoms with Crippen molar-refractivity contribution in [3.63, 3.8) is 0 Å². The Morgan fingerprint density at radius 1 is 1.16 bits per heavy atom.